The van der Waals surface area contributed by atoms with Gasteiger partial charge in [-0.1, -0.05) is 30.7 Å². The Hall–Kier alpha value is -1.06. The molecule has 1 fully saturated rings. The fraction of sp³-hybridized carbons (Fsp3) is 0.562. The number of aliphatic carboxylic acids is 1. The minimum Gasteiger partial charge on any atom is -0.481 e. The zero-order valence-corrected chi connectivity index (χ0v) is 12.6. The maximum Gasteiger partial charge on any atom is 0.307 e. The summed E-state index contributed by atoms with van der Waals surface area (Å²) >= 11 is 5.91. The smallest absolute Gasteiger partial charge is 0.307 e. The van der Waals surface area contributed by atoms with Crippen LogP contribution in [0.15, 0.2) is 24.3 Å². The van der Waals surface area contributed by atoms with E-state index in [1.165, 1.54) is 5.56 Å². The Kier molecular flexibility index (Phi) is 5.44. The topological polar surface area (TPSA) is 40.5 Å². The molecule has 2 unspecified atom stereocenters. The number of carbonyl (C=O) groups is 1. The zero-order valence-electron chi connectivity index (χ0n) is 11.9. The first-order valence-electron chi connectivity index (χ1n) is 7.31. The molecule has 0 spiro atoms. The van der Waals surface area contributed by atoms with E-state index in [0.717, 1.165) is 37.3 Å². The molecule has 1 heterocycles. The molecule has 1 aliphatic heterocycles. The van der Waals surface area contributed by atoms with Gasteiger partial charge in [-0.3, -0.25) is 9.69 Å². The van der Waals surface area contributed by atoms with Crippen molar-refractivity contribution in [3.05, 3.63) is 34.9 Å². The maximum absolute atomic E-state index is 11.2. The largest absolute Gasteiger partial charge is 0.481 e. The number of carboxylic acids is 1. The Morgan fingerprint density at radius 1 is 1.45 bits per heavy atom. The molecule has 0 aliphatic carbocycles. The van der Waals surface area contributed by atoms with Crippen LogP contribution in [-0.2, 0) is 11.2 Å². The number of rotatable bonds is 5. The molecular weight excluding hydrogens is 274 g/mol. The van der Waals surface area contributed by atoms with Crippen molar-refractivity contribution < 1.29 is 9.90 Å². The molecule has 1 aliphatic rings. The standard InChI is InChI=1S/C16H22ClNO2/c1-2-15(10-12-5-7-14(17)8-6-12)18-9-3-4-13(11-18)16(19)20/h5-8,13,15H,2-4,9-11H2,1H3,(H,19,20). The molecule has 0 radical (unpaired) electrons. The average molecular weight is 296 g/mol. The van der Waals surface area contributed by atoms with Crippen LogP contribution in [0, 0.1) is 5.92 Å². The lowest BCUT2D eigenvalue weighted by atomic mass is 9.94. The van der Waals surface area contributed by atoms with Crippen molar-refractivity contribution in [3.8, 4) is 0 Å². The van der Waals surface area contributed by atoms with E-state index < -0.39 is 5.97 Å². The van der Waals surface area contributed by atoms with Crippen LogP contribution < -0.4 is 0 Å². The van der Waals surface area contributed by atoms with Crippen LogP contribution in [0.4, 0.5) is 0 Å². The van der Waals surface area contributed by atoms with E-state index in [4.69, 9.17) is 11.6 Å². The van der Waals surface area contributed by atoms with Crippen LogP contribution in [-0.4, -0.2) is 35.1 Å². The molecule has 4 heteroatoms. The van der Waals surface area contributed by atoms with E-state index in [2.05, 4.69) is 24.0 Å². The van der Waals surface area contributed by atoms with Crippen LogP contribution in [0.5, 0.6) is 0 Å². The molecule has 2 rings (SSSR count). The summed E-state index contributed by atoms with van der Waals surface area (Å²) in [6, 6.07) is 8.37. The molecule has 3 nitrogen and oxygen atoms in total. The molecule has 0 amide bonds. The van der Waals surface area contributed by atoms with Gasteiger partial charge in [0.25, 0.3) is 0 Å². The molecule has 1 N–H and O–H groups in total. The predicted molar refractivity (Wildman–Crippen MR) is 81.2 cm³/mol. The lowest BCUT2D eigenvalue weighted by molar-refractivity contribution is -0.143. The van der Waals surface area contributed by atoms with E-state index in [9.17, 15) is 9.90 Å². The summed E-state index contributed by atoms with van der Waals surface area (Å²) in [6.07, 6.45) is 3.78. The van der Waals surface area contributed by atoms with Gasteiger partial charge in [0.1, 0.15) is 0 Å². The molecular formula is C16H22ClNO2. The molecule has 0 aromatic heterocycles. The monoisotopic (exact) mass is 295 g/mol. The average Bonchev–Trinajstić information content (AvgIpc) is 2.46. The molecule has 110 valence electrons. The summed E-state index contributed by atoms with van der Waals surface area (Å²) < 4.78 is 0. The van der Waals surface area contributed by atoms with E-state index in [-0.39, 0.29) is 5.92 Å². The van der Waals surface area contributed by atoms with E-state index >= 15 is 0 Å². The highest BCUT2D eigenvalue weighted by Crippen LogP contribution is 2.22. The first-order valence-corrected chi connectivity index (χ1v) is 7.69. The maximum atomic E-state index is 11.2. The first kappa shape index (κ1) is 15.3. The molecule has 1 aromatic rings. The number of halogens is 1. The van der Waals surface area contributed by atoms with Gasteiger partial charge < -0.3 is 5.11 Å². The molecule has 20 heavy (non-hydrogen) atoms. The highest BCUT2D eigenvalue weighted by Gasteiger charge is 2.28. The third-order valence-corrected chi connectivity index (χ3v) is 4.43. The number of nitrogens with zero attached hydrogens (tertiary/aromatic N) is 1. The van der Waals surface area contributed by atoms with Gasteiger partial charge in [0.05, 0.1) is 5.92 Å². The van der Waals surface area contributed by atoms with Gasteiger partial charge >= 0.3 is 5.97 Å². The van der Waals surface area contributed by atoms with Gasteiger partial charge in [0, 0.05) is 17.6 Å². The number of hydrogen-bond donors (Lipinski definition) is 1. The van der Waals surface area contributed by atoms with E-state index in [0.29, 0.717) is 12.6 Å². The summed E-state index contributed by atoms with van der Waals surface area (Å²) in [5.41, 5.74) is 1.26. The summed E-state index contributed by atoms with van der Waals surface area (Å²) in [4.78, 5) is 13.5. The van der Waals surface area contributed by atoms with Gasteiger partial charge in [0.15, 0.2) is 0 Å². The number of likely N-dealkylation sites (tertiary alicyclic amines) is 1. The van der Waals surface area contributed by atoms with Gasteiger partial charge in [-0.25, -0.2) is 0 Å². The Morgan fingerprint density at radius 2 is 2.15 bits per heavy atom. The fourth-order valence-electron chi connectivity index (χ4n) is 2.96. The van der Waals surface area contributed by atoms with Crippen LogP contribution in [0.1, 0.15) is 31.7 Å². The molecule has 0 bridgehead atoms. The normalized spacial score (nSPS) is 21.6. The second-order valence-corrected chi connectivity index (χ2v) is 6.00. The number of piperidine rings is 1. The predicted octanol–water partition coefficient (Wildman–Crippen LogP) is 3.46. The summed E-state index contributed by atoms with van der Waals surface area (Å²) in [7, 11) is 0. The van der Waals surface area contributed by atoms with Crippen molar-refractivity contribution in [3.63, 3.8) is 0 Å². The van der Waals surface area contributed by atoms with Crippen LogP contribution in [0.3, 0.4) is 0 Å². The third kappa shape index (κ3) is 3.97. The van der Waals surface area contributed by atoms with Gasteiger partial charge in [-0.2, -0.15) is 0 Å². The van der Waals surface area contributed by atoms with Crippen molar-refractivity contribution in [1.82, 2.24) is 4.90 Å². The Morgan fingerprint density at radius 3 is 2.75 bits per heavy atom. The third-order valence-electron chi connectivity index (χ3n) is 4.17. The second kappa shape index (κ2) is 7.09. The SMILES string of the molecule is CCC(Cc1ccc(Cl)cc1)N1CCCC(C(=O)O)C1. The first-order chi connectivity index (χ1) is 9.60. The summed E-state index contributed by atoms with van der Waals surface area (Å²) in [5.74, 6) is -0.862. The summed E-state index contributed by atoms with van der Waals surface area (Å²) in [6.45, 7) is 3.86. The number of carboxylic acid groups (broad SMARTS) is 1. The van der Waals surface area contributed by atoms with Gasteiger partial charge in [-0.15, -0.1) is 0 Å². The highest BCUT2D eigenvalue weighted by molar-refractivity contribution is 6.30. The zero-order chi connectivity index (χ0) is 14.5. The Labute approximate surface area is 125 Å². The van der Waals surface area contributed by atoms with E-state index in [1.807, 2.05) is 12.1 Å². The molecule has 0 saturated carbocycles. The molecule has 1 saturated heterocycles. The minimum atomic E-state index is -0.656. The van der Waals surface area contributed by atoms with Crippen LogP contribution in [0.25, 0.3) is 0 Å². The second-order valence-electron chi connectivity index (χ2n) is 5.56. The van der Waals surface area contributed by atoms with Crippen molar-refractivity contribution in [2.45, 2.75) is 38.6 Å². The fourth-order valence-corrected chi connectivity index (χ4v) is 3.09. The number of benzene rings is 1. The lowest BCUT2D eigenvalue weighted by Crippen LogP contribution is -2.45. The van der Waals surface area contributed by atoms with Crippen molar-refractivity contribution >= 4 is 17.6 Å². The Bertz CT molecular complexity index is 446. The number of hydrogen-bond acceptors (Lipinski definition) is 2. The minimum absolute atomic E-state index is 0.206. The van der Waals surface area contributed by atoms with Crippen molar-refractivity contribution in [1.29, 1.82) is 0 Å². The highest BCUT2D eigenvalue weighted by atomic mass is 35.5. The van der Waals surface area contributed by atoms with Crippen LogP contribution in [0.2, 0.25) is 5.02 Å². The van der Waals surface area contributed by atoms with E-state index in [1.54, 1.807) is 0 Å². The molecule has 1 aromatic carbocycles. The van der Waals surface area contributed by atoms with Crippen molar-refractivity contribution in [2.75, 3.05) is 13.1 Å². The van der Waals surface area contributed by atoms with Crippen LogP contribution >= 0.6 is 11.6 Å². The summed E-state index contributed by atoms with van der Waals surface area (Å²) in [5, 5.41) is 9.94. The van der Waals surface area contributed by atoms with Gasteiger partial charge in [-0.05, 0) is 49.9 Å². The Balaban J connectivity index is 2.00. The quantitative estimate of drug-likeness (QED) is 0.904. The van der Waals surface area contributed by atoms with Crippen molar-refractivity contribution in [2.24, 2.45) is 5.92 Å². The molecule has 2 atom stereocenters. The van der Waals surface area contributed by atoms with Gasteiger partial charge in [0.2, 0.25) is 0 Å². The lowest BCUT2D eigenvalue weighted by Gasteiger charge is -2.36.